The predicted octanol–water partition coefficient (Wildman–Crippen LogP) is 5.60. The molecule has 0 bridgehead atoms. The number of fused-ring (bicyclic) bond motifs is 1. The molecular weight excluding hydrogens is 260 g/mol. The van der Waals surface area contributed by atoms with Crippen LogP contribution in [0, 0.1) is 5.92 Å². The number of rotatable bonds is 7. The molecule has 2 atom stereocenters. The standard InChI is InChI=1S/C15H22OS2/c1-3-5-6-11(4-2)9-12(16)14-10-15-13(18-14)7-8-17-15/h7-8,10-12,16H,3-6,9H2,1-2H3. The monoisotopic (exact) mass is 282 g/mol. The van der Waals surface area contributed by atoms with E-state index in [1.54, 1.807) is 22.7 Å². The molecule has 0 radical (unpaired) electrons. The normalized spacial score (nSPS) is 15.1. The van der Waals surface area contributed by atoms with Crippen LogP contribution in [0.3, 0.4) is 0 Å². The van der Waals surface area contributed by atoms with Gasteiger partial charge >= 0.3 is 0 Å². The zero-order valence-corrected chi connectivity index (χ0v) is 12.8. The fourth-order valence-corrected chi connectivity index (χ4v) is 4.48. The summed E-state index contributed by atoms with van der Waals surface area (Å²) in [6, 6.07) is 4.32. The van der Waals surface area contributed by atoms with Crippen molar-refractivity contribution in [3.8, 4) is 0 Å². The first-order valence-electron chi connectivity index (χ1n) is 6.89. The van der Waals surface area contributed by atoms with E-state index in [2.05, 4.69) is 31.4 Å². The highest BCUT2D eigenvalue weighted by Gasteiger charge is 2.17. The van der Waals surface area contributed by atoms with E-state index in [1.807, 2.05) is 0 Å². The lowest BCUT2D eigenvalue weighted by Gasteiger charge is -2.17. The topological polar surface area (TPSA) is 20.2 Å². The van der Waals surface area contributed by atoms with Crippen LogP contribution in [0.4, 0.5) is 0 Å². The average molecular weight is 282 g/mol. The zero-order chi connectivity index (χ0) is 13.0. The Morgan fingerprint density at radius 3 is 2.78 bits per heavy atom. The Bertz CT molecular complexity index is 443. The van der Waals surface area contributed by atoms with Crippen molar-refractivity contribution < 1.29 is 5.11 Å². The summed E-state index contributed by atoms with van der Waals surface area (Å²) in [5, 5.41) is 12.5. The molecule has 0 aliphatic rings. The third kappa shape index (κ3) is 3.34. The van der Waals surface area contributed by atoms with Crippen LogP contribution in [0.25, 0.3) is 9.40 Å². The average Bonchev–Trinajstić information content (AvgIpc) is 2.94. The number of hydrogen-bond donors (Lipinski definition) is 1. The Morgan fingerprint density at radius 1 is 1.28 bits per heavy atom. The molecule has 18 heavy (non-hydrogen) atoms. The maximum atomic E-state index is 10.4. The third-order valence-electron chi connectivity index (χ3n) is 3.59. The summed E-state index contributed by atoms with van der Waals surface area (Å²) in [5.74, 6) is 0.667. The maximum Gasteiger partial charge on any atom is 0.0885 e. The number of hydrogen-bond acceptors (Lipinski definition) is 3. The van der Waals surface area contributed by atoms with Crippen LogP contribution in [0.1, 0.15) is 56.9 Å². The van der Waals surface area contributed by atoms with Crippen LogP contribution in [-0.4, -0.2) is 5.11 Å². The molecule has 0 amide bonds. The molecule has 0 saturated carbocycles. The van der Waals surface area contributed by atoms with Gasteiger partial charge in [0.2, 0.25) is 0 Å². The van der Waals surface area contributed by atoms with E-state index < -0.39 is 0 Å². The van der Waals surface area contributed by atoms with E-state index in [4.69, 9.17) is 0 Å². The smallest absolute Gasteiger partial charge is 0.0885 e. The molecule has 0 aliphatic heterocycles. The van der Waals surface area contributed by atoms with E-state index >= 15 is 0 Å². The van der Waals surface area contributed by atoms with Crippen LogP contribution < -0.4 is 0 Å². The van der Waals surface area contributed by atoms with Gasteiger partial charge in [-0.15, -0.1) is 22.7 Å². The molecule has 2 unspecified atom stereocenters. The largest absolute Gasteiger partial charge is 0.388 e. The van der Waals surface area contributed by atoms with Crippen molar-refractivity contribution >= 4 is 32.1 Å². The maximum absolute atomic E-state index is 10.4. The van der Waals surface area contributed by atoms with Gasteiger partial charge in [-0.2, -0.15) is 0 Å². The minimum Gasteiger partial charge on any atom is -0.388 e. The number of thiophene rings is 2. The second kappa shape index (κ2) is 6.69. The van der Waals surface area contributed by atoms with Gasteiger partial charge in [-0.1, -0.05) is 39.5 Å². The van der Waals surface area contributed by atoms with Gasteiger partial charge < -0.3 is 5.11 Å². The first kappa shape index (κ1) is 14.0. The van der Waals surface area contributed by atoms with Gasteiger partial charge in [0.05, 0.1) is 6.10 Å². The molecule has 0 fully saturated rings. The predicted molar refractivity (Wildman–Crippen MR) is 82.6 cm³/mol. The Hall–Kier alpha value is -0.380. The lowest BCUT2D eigenvalue weighted by molar-refractivity contribution is 0.142. The van der Waals surface area contributed by atoms with Crippen molar-refractivity contribution in [1.29, 1.82) is 0 Å². The summed E-state index contributed by atoms with van der Waals surface area (Å²) in [4.78, 5) is 1.15. The molecule has 3 heteroatoms. The Labute approximate surface area is 117 Å². The zero-order valence-electron chi connectivity index (χ0n) is 11.2. The van der Waals surface area contributed by atoms with E-state index in [-0.39, 0.29) is 6.10 Å². The van der Waals surface area contributed by atoms with Gasteiger partial charge in [0, 0.05) is 14.3 Å². The van der Waals surface area contributed by atoms with Crippen LogP contribution >= 0.6 is 22.7 Å². The lowest BCUT2D eigenvalue weighted by atomic mass is 9.93. The summed E-state index contributed by atoms with van der Waals surface area (Å²) < 4.78 is 2.63. The fourth-order valence-electron chi connectivity index (χ4n) is 2.36. The van der Waals surface area contributed by atoms with Crippen molar-refractivity contribution in [3.05, 3.63) is 22.4 Å². The summed E-state index contributed by atoms with van der Waals surface area (Å²) in [7, 11) is 0. The highest BCUT2D eigenvalue weighted by atomic mass is 32.1. The second-order valence-electron chi connectivity index (χ2n) is 4.97. The fraction of sp³-hybridized carbons (Fsp3) is 0.600. The van der Waals surface area contributed by atoms with E-state index in [1.165, 1.54) is 35.1 Å². The molecule has 100 valence electrons. The van der Waals surface area contributed by atoms with Crippen molar-refractivity contribution in [1.82, 2.24) is 0 Å². The quantitative estimate of drug-likeness (QED) is 0.700. The van der Waals surface area contributed by atoms with Crippen LogP contribution in [-0.2, 0) is 0 Å². The molecule has 2 heterocycles. The number of aliphatic hydroxyl groups excluding tert-OH is 1. The van der Waals surface area contributed by atoms with Crippen LogP contribution in [0.2, 0.25) is 0 Å². The molecule has 0 saturated heterocycles. The highest BCUT2D eigenvalue weighted by molar-refractivity contribution is 7.26. The number of aliphatic hydroxyl groups is 1. The van der Waals surface area contributed by atoms with E-state index in [9.17, 15) is 5.11 Å². The van der Waals surface area contributed by atoms with Crippen molar-refractivity contribution in [3.63, 3.8) is 0 Å². The van der Waals surface area contributed by atoms with Gasteiger partial charge in [0.1, 0.15) is 0 Å². The summed E-state index contributed by atoms with van der Waals surface area (Å²) in [5.41, 5.74) is 0. The summed E-state index contributed by atoms with van der Waals surface area (Å²) >= 11 is 3.51. The molecule has 0 spiro atoms. The second-order valence-corrected chi connectivity index (χ2v) is 7.03. The molecule has 2 aromatic rings. The molecule has 2 rings (SSSR count). The van der Waals surface area contributed by atoms with Crippen molar-refractivity contribution in [2.24, 2.45) is 5.92 Å². The van der Waals surface area contributed by atoms with Crippen molar-refractivity contribution in [2.75, 3.05) is 0 Å². The molecule has 0 aromatic carbocycles. The molecule has 0 aliphatic carbocycles. The van der Waals surface area contributed by atoms with Gasteiger partial charge in [0.15, 0.2) is 0 Å². The van der Waals surface area contributed by atoms with E-state index in [0.29, 0.717) is 5.92 Å². The molecule has 1 nitrogen and oxygen atoms in total. The molecule has 2 aromatic heterocycles. The lowest BCUT2D eigenvalue weighted by Crippen LogP contribution is -2.05. The van der Waals surface area contributed by atoms with Crippen LogP contribution in [0.5, 0.6) is 0 Å². The summed E-state index contributed by atoms with van der Waals surface area (Å²) in [6.07, 6.45) is 5.62. The SMILES string of the molecule is CCCCC(CC)CC(O)c1cc2sccc2s1. The minimum absolute atomic E-state index is 0.267. The van der Waals surface area contributed by atoms with E-state index in [0.717, 1.165) is 11.3 Å². The van der Waals surface area contributed by atoms with Crippen LogP contribution in [0.15, 0.2) is 17.5 Å². The highest BCUT2D eigenvalue weighted by Crippen LogP contribution is 2.36. The van der Waals surface area contributed by atoms with Gasteiger partial charge in [-0.25, -0.2) is 0 Å². The Morgan fingerprint density at radius 2 is 2.11 bits per heavy atom. The first-order valence-corrected chi connectivity index (χ1v) is 8.59. The Balaban J connectivity index is 1.97. The minimum atomic E-state index is -0.267. The molecular formula is C15H22OS2. The van der Waals surface area contributed by atoms with Gasteiger partial charge in [-0.3, -0.25) is 0 Å². The summed E-state index contributed by atoms with van der Waals surface area (Å²) in [6.45, 7) is 4.47. The van der Waals surface area contributed by atoms with Gasteiger partial charge in [-0.05, 0) is 29.9 Å². The Kier molecular flexibility index (Phi) is 5.22. The molecule has 1 N–H and O–H groups in total. The first-order chi connectivity index (χ1) is 8.74. The third-order valence-corrected chi connectivity index (χ3v) is 5.78. The van der Waals surface area contributed by atoms with Gasteiger partial charge in [0.25, 0.3) is 0 Å². The van der Waals surface area contributed by atoms with Crippen molar-refractivity contribution in [2.45, 2.75) is 52.1 Å². The number of unbranched alkanes of at least 4 members (excludes halogenated alkanes) is 1.